The van der Waals surface area contributed by atoms with Crippen LogP contribution in [0.4, 0.5) is 4.39 Å². The van der Waals surface area contributed by atoms with E-state index in [1.165, 1.54) is 24.5 Å². The van der Waals surface area contributed by atoms with Crippen molar-refractivity contribution < 1.29 is 18.7 Å². The van der Waals surface area contributed by atoms with Crippen LogP contribution in [0.5, 0.6) is 5.75 Å². The van der Waals surface area contributed by atoms with Crippen LogP contribution < -0.4 is 10.1 Å². The normalized spacial score (nSPS) is 11.3. The predicted octanol–water partition coefficient (Wildman–Crippen LogP) is 4.84. The molecule has 0 aliphatic heterocycles. The lowest BCUT2D eigenvalue weighted by Crippen LogP contribution is -2.28. The van der Waals surface area contributed by atoms with Gasteiger partial charge < -0.3 is 19.7 Å². The molecule has 2 aromatic carbocycles. The average Bonchev–Trinajstić information content (AvgIpc) is 3.16. The Bertz CT molecular complexity index is 1020. The lowest BCUT2D eigenvalue weighted by atomic mass is 10.1. The summed E-state index contributed by atoms with van der Waals surface area (Å²) in [6.45, 7) is 8.16. The smallest absolute Gasteiger partial charge is 0.262 e. The number of nitrogens with zero attached hydrogens (tertiary/aromatic N) is 1. The van der Waals surface area contributed by atoms with Crippen LogP contribution in [-0.2, 0) is 17.9 Å². The van der Waals surface area contributed by atoms with Gasteiger partial charge in [0, 0.05) is 41.4 Å². The molecular formula is C24H29FN2O3S. The van der Waals surface area contributed by atoms with E-state index in [4.69, 9.17) is 9.47 Å². The molecule has 1 aromatic heterocycles. The molecule has 0 unspecified atom stereocenters. The molecule has 7 heteroatoms. The summed E-state index contributed by atoms with van der Waals surface area (Å²) in [6, 6.07) is 12.6. The highest BCUT2D eigenvalue weighted by atomic mass is 32.1. The lowest BCUT2D eigenvalue weighted by Gasteiger charge is -2.19. The van der Waals surface area contributed by atoms with Gasteiger partial charge in [0.25, 0.3) is 5.91 Å². The van der Waals surface area contributed by atoms with Gasteiger partial charge >= 0.3 is 0 Å². The van der Waals surface area contributed by atoms with Gasteiger partial charge in [-0.25, -0.2) is 4.39 Å². The summed E-state index contributed by atoms with van der Waals surface area (Å²) in [6.07, 6.45) is 0. The van der Waals surface area contributed by atoms with Crippen LogP contribution in [-0.4, -0.2) is 44.2 Å². The molecule has 3 rings (SSSR count). The zero-order valence-electron chi connectivity index (χ0n) is 18.2. The molecule has 0 spiro atoms. The zero-order valence-corrected chi connectivity index (χ0v) is 19.1. The second-order valence-corrected chi connectivity index (χ2v) is 8.17. The summed E-state index contributed by atoms with van der Waals surface area (Å²) < 4.78 is 26.3. The lowest BCUT2D eigenvalue weighted by molar-refractivity contribution is 0.0950. The third-order valence-electron chi connectivity index (χ3n) is 5.23. The first-order chi connectivity index (χ1) is 15.1. The van der Waals surface area contributed by atoms with Crippen LogP contribution >= 0.6 is 11.3 Å². The van der Waals surface area contributed by atoms with E-state index in [0.717, 1.165) is 35.6 Å². The molecule has 0 fully saturated rings. The SMILES string of the molecule is CCN(CC)CCOc1ccccc1CNC(=O)c1sc2cccc(F)c2c1COC. The molecule has 0 aliphatic carbocycles. The number of carbonyl (C=O) groups excluding carboxylic acids is 1. The molecule has 0 saturated carbocycles. The van der Waals surface area contributed by atoms with E-state index < -0.39 is 0 Å². The van der Waals surface area contributed by atoms with E-state index in [2.05, 4.69) is 24.1 Å². The molecule has 1 amide bonds. The maximum atomic E-state index is 14.4. The molecule has 0 radical (unpaired) electrons. The monoisotopic (exact) mass is 444 g/mol. The fourth-order valence-corrected chi connectivity index (χ4v) is 4.64. The van der Waals surface area contributed by atoms with Gasteiger partial charge in [-0.1, -0.05) is 38.1 Å². The van der Waals surface area contributed by atoms with Crippen molar-refractivity contribution in [2.45, 2.75) is 27.0 Å². The summed E-state index contributed by atoms with van der Waals surface area (Å²) >= 11 is 1.28. The molecule has 3 aromatic rings. The van der Waals surface area contributed by atoms with Gasteiger partial charge in [0.1, 0.15) is 18.2 Å². The Morgan fingerprint density at radius 1 is 1.13 bits per heavy atom. The highest BCUT2D eigenvalue weighted by molar-refractivity contribution is 7.21. The standard InChI is InChI=1S/C24H29FN2O3S/c1-4-27(5-2)13-14-30-20-11-7-6-9-17(20)15-26-24(28)23-18(16-29-3)22-19(25)10-8-12-21(22)31-23/h6-12H,4-5,13-16H2,1-3H3,(H,26,28). The van der Waals surface area contributed by atoms with Crippen molar-refractivity contribution in [1.29, 1.82) is 0 Å². The molecule has 5 nitrogen and oxygen atoms in total. The minimum atomic E-state index is -0.341. The number of carbonyl (C=O) groups is 1. The van der Waals surface area contributed by atoms with E-state index in [0.29, 0.717) is 29.0 Å². The van der Waals surface area contributed by atoms with Crippen molar-refractivity contribution in [3.8, 4) is 5.75 Å². The quantitative estimate of drug-likeness (QED) is 0.460. The van der Waals surface area contributed by atoms with Crippen molar-refractivity contribution in [1.82, 2.24) is 10.2 Å². The van der Waals surface area contributed by atoms with Crippen molar-refractivity contribution in [2.75, 3.05) is 33.4 Å². The summed E-state index contributed by atoms with van der Waals surface area (Å²) in [5.74, 6) is 0.173. The number of methoxy groups -OCH3 is 1. The van der Waals surface area contributed by atoms with Crippen LogP contribution in [0.2, 0.25) is 0 Å². The first-order valence-corrected chi connectivity index (χ1v) is 11.3. The van der Waals surface area contributed by atoms with Gasteiger partial charge in [0.15, 0.2) is 0 Å². The maximum absolute atomic E-state index is 14.4. The van der Waals surface area contributed by atoms with Gasteiger partial charge in [-0.05, 0) is 31.3 Å². The number of fused-ring (bicyclic) bond motifs is 1. The number of amides is 1. The van der Waals surface area contributed by atoms with E-state index in [1.54, 1.807) is 6.07 Å². The van der Waals surface area contributed by atoms with E-state index in [-0.39, 0.29) is 18.3 Å². The van der Waals surface area contributed by atoms with E-state index >= 15 is 0 Å². The number of hydrogen-bond acceptors (Lipinski definition) is 5. The van der Waals surface area contributed by atoms with Crippen molar-refractivity contribution >= 4 is 27.3 Å². The Labute approximate surface area is 186 Å². The molecule has 166 valence electrons. The van der Waals surface area contributed by atoms with Crippen molar-refractivity contribution in [3.63, 3.8) is 0 Å². The summed E-state index contributed by atoms with van der Waals surface area (Å²) in [5, 5.41) is 3.42. The largest absolute Gasteiger partial charge is 0.492 e. The number of ether oxygens (including phenoxy) is 2. The number of para-hydroxylation sites is 1. The molecule has 0 bridgehead atoms. The Kier molecular flexibility index (Phi) is 8.40. The number of likely N-dealkylation sites (N-methyl/N-ethyl adjacent to an activating group) is 1. The van der Waals surface area contributed by atoms with E-state index in [1.807, 2.05) is 30.3 Å². The van der Waals surface area contributed by atoms with Crippen LogP contribution in [0, 0.1) is 5.82 Å². The van der Waals surface area contributed by atoms with Gasteiger partial charge in [0.05, 0.1) is 11.5 Å². The minimum absolute atomic E-state index is 0.175. The molecular weight excluding hydrogens is 415 g/mol. The molecule has 31 heavy (non-hydrogen) atoms. The Morgan fingerprint density at radius 2 is 1.90 bits per heavy atom. The van der Waals surface area contributed by atoms with Gasteiger partial charge in [0.2, 0.25) is 0 Å². The Morgan fingerprint density at radius 3 is 2.65 bits per heavy atom. The second kappa shape index (κ2) is 11.2. The molecule has 1 N–H and O–H groups in total. The topological polar surface area (TPSA) is 50.8 Å². The van der Waals surface area contributed by atoms with E-state index in [9.17, 15) is 9.18 Å². The van der Waals surface area contributed by atoms with Crippen LogP contribution in [0.1, 0.15) is 34.6 Å². The number of nitrogens with one attached hydrogen (secondary N) is 1. The van der Waals surface area contributed by atoms with Crippen LogP contribution in [0.15, 0.2) is 42.5 Å². The highest BCUT2D eigenvalue weighted by Crippen LogP contribution is 2.34. The zero-order chi connectivity index (χ0) is 22.2. The third kappa shape index (κ3) is 5.61. The van der Waals surface area contributed by atoms with Gasteiger partial charge in [-0.15, -0.1) is 11.3 Å². The molecule has 0 atom stereocenters. The molecule has 0 aliphatic rings. The van der Waals surface area contributed by atoms with Crippen molar-refractivity contribution in [3.05, 3.63) is 64.3 Å². The minimum Gasteiger partial charge on any atom is -0.492 e. The Balaban J connectivity index is 1.72. The summed E-state index contributed by atoms with van der Waals surface area (Å²) in [5.41, 5.74) is 1.48. The van der Waals surface area contributed by atoms with Crippen LogP contribution in [0.3, 0.4) is 0 Å². The first-order valence-electron chi connectivity index (χ1n) is 10.5. The summed E-state index contributed by atoms with van der Waals surface area (Å²) in [7, 11) is 1.54. The third-order valence-corrected chi connectivity index (χ3v) is 6.43. The molecule has 1 heterocycles. The maximum Gasteiger partial charge on any atom is 0.262 e. The number of thiophene rings is 1. The van der Waals surface area contributed by atoms with Gasteiger partial charge in [-0.2, -0.15) is 0 Å². The number of benzene rings is 2. The Hall–Kier alpha value is -2.48. The fraction of sp³-hybridized carbons (Fsp3) is 0.375. The van der Waals surface area contributed by atoms with Crippen molar-refractivity contribution in [2.24, 2.45) is 0 Å². The fourth-order valence-electron chi connectivity index (χ4n) is 3.50. The highest BCUT2D eigenvalue weighted by Gasteiger charge is 2.20. The van der Waals surface area contributed by atoms with Crippen LogP contribution in [0.25, 0.3) is 10.1 Å². The number of rotatable bonds is 11. The predicted molar refractivity (Wildman–Crippen MR) is 123 cm³/mol. The molecule has 0 saturated heterocycles. The van der Waals surface area contributed by atoms with Gasteiger partial charge in [-0.3, -0.25) is 4.79 Å². The number of hydrogen-bond donors (Lipinski definition) is 1. The average molecular weight is 445 g/mol. The first kappa shape index (κ1) is 23.2. The number of halogens is 1. The summed E-state index contributed by atoms with van der Waals surface area (Å²) in [4.78, 5) is 15.7. The second-order valence-electron chi connectivity index (χ2n) is 7.12.